The highest BCUT2D eigenvalue weighted by atomic mass is 19.1. The molecule has 2 amide bonds. The highest BCUT2D eigenvalue weighted by Crippen LogP contribution is 2.40. The van der Waals surface area contributed by atoms with Crippen LogP contribution in [0.1, 0.15) is 42.1 Å². The first-order valence-corrected chi connectivity index (χ1v) is 14.6. The molecule has 1 aliphatic carbocycles. The van der Waals surface area contributed by atoms with Crippen LogP contribution in [0.25, 0.3) is 11.0 Å². The maximum absolute atomic E-state index is 15.6. The van der Waals surface area contributed by atoms with E-state index in [0.717, 1.165) is 19.5 Å². The Bertz CT molecular complexity index is 1560. The molecule has 0 radical (unpaired) electrons. The Hall–Kier alpha value is -3.84. The van der Waals surface area contributed by atoms with E-state index in [1.807, 2.05) is 0 Å². The van der Waals surface area contributed by atoms with Crippen LogP contribution in [0.4, 0.5) is 25.2 Å². The van der Waals surface area contributed by atoms with Gasteiger partial charge in [-0.25, -0.2) is 23.5 Å². The van der Waals surface area contributed by atoms with Crippen molar-refractivity contribution in [2.24, 2.45) is 5.92 Å². The number of hydrogen-bond acceptors (Lipinski definition) is 8. The quantitative estimate of drug-likeness (QED) is 0.431. The summed E-state index contributed by atoms with van der Waals surface area (Å²) in [6.45, 7) is 4.08. The number of rotatable bonds is 4. The molecule has 3 N–H and O–H groups in total. The number of likely N-dealkylation sites (tertiary alicyclic amines) is 1. The number of ether oxygens (including phenoxy) is 2. The molecule has 8 rings (SSSR count). The van der Waals surface area contributed by atoms with Gasteiger partial charge in [-0.15, -0.1) is 0 Å². The first kappa shape index (κ1) is 25.8. The number of benzene rings is 1. The highest BCUT2D eigenvalue weighted by Gasteiger charge is 2.48. The summed E-state index contributed by atoms with van der Waals surface area (Å²) in [6, 6.07) is 3.37. The Labute approximate surface area is 239 Å². The van der Waals surface area contributed by atoms with Gasteiger partial charge in [0.15, 0.2) is 29.8 Å². The molecule has 3 saturated heterocycles. The molecule has 3 fully saturated rings. The molecule has 6 heterocycles. The van der Waals surface area contributed by atoms with Crippen molar-refractivity contribution in [1.29, 1.82) is 0 Å². The zero-order valence-electron chi connectivity index (χ0n) is 23.0. The van der Waals surface area contributed by atoms with E-state index in [9.17, 15) is 9.59 Å². The fourth-order valence-corrected chi connectivity index (χ4v) is 7.23. The van der Waals surface area contributed by atoms with Crippen molar-refractivity contribution >= 4 is 34.7 Å². The first-order valence-electron chi connectivity index (χ1n) is 14.6. The molecule has 42 heavy (non-hydrogen) atoms. The second-order valence-corrected chi connectivity index (χ2v) is 12.2. The smallest absolute Gasteiger partial charge is 0.416 e. The third-order valence-corrected chi connectivity index (χ3v) is 9.47. The minimum Gasteiger partial charge on any atom is -0.480 e. The molecule has 0 saturated carbocycles. The molecular weight excluding hydrogens is 548 g/mol. The second kappa shape index (κ2) is 9.60. The minimum atomic E-state index is -0.626. The van der Waals surface area contributed by atoms with Crippen LogP contribution in [-0.2, 0) is 22.4 Å². The summed E-state index contributed by atoms with van der Waals surface area (Å²) in [7, 11) is 0. The maximum atomic E-state index is 15.6. The van der Waals surface area contributed by atoms with Crippen LogP contribution in [0.3, 0.4) is 0 Å². The van der Waals surface area contributed by atoms with Crippen LogP contribution in [0.15, 0.2) is 12.1 Å². The van der Waals surface area contributed by atoms with Gasteiger partial charge in [0.1, 0.15) is 28.3 Å². The van der Waals surface area contributed by atoms with E-state index in [0.29, 0.717) is 80.4 Å². The zero-order valence-corrected chi connectivity index (χ0v) is 23.0. The molecule has 2 atom stereocenters. The van der Waals surface area contributed by atoms with Gasteiger partial charge in [-0.3, -0.25) is 9.69 Å². The second-order valence-electron chi connectivity index (χ2n) is 12.2. The Morgan fingerprint density at radius 3 is 2.67 bits per heavy atom. The van der Waals surface area contributed by atoms with Gasteiger partial charge in [0.2, 0.25) is 0 Å². The molecule has 3 aromatic rings. The Morgan fingerprint density at radius 2 is 1.88 bits per heavy atom. The lowest BCUT2D eigenvalue weighted by Crippen LogP contribution is -2.48. The molecular formula is C29H31F2N7O4. The number of halogens is 2. The molecule has 5 aliphatic rings. The topological polar surface area (TPSA) is 125 Å². The number of aromatic nitrogens is 3. The fraction of sp³-hybridized carbons (Fsp3) is 0.517. The van der Waals surface area contributed by atoms with Gasteiger partial charge in [0.05, 0.1) is 6.54 Å². The summed E-state index contributed by atoms with van der Waals surface area (Å²) in [5.41, 5.74) is 0.603. The monoisotopic (exact) mass is 579 g/mol. The zero-order chi connectivity index (χ0) is 28.6. The molecule has 1 aromatic carbocycles. The van der Waals surface area contributed by atoms with Crippen LogP contribution in [0.2, 0.25) is 0 Å². The van der Waals surface area contributed by atoms with E-state index in [4.69, 9.17) is 9.47 Å². The predicted octanol–water partition coefficient (Wildman–Crippen LogP) is 2.85. The van der Waals surface area contributed by atoms with Crippen molar-refractivity contribution in [3.05, 3.63) is 40.7 Å². The van der Waals surface area contributed by atoms with Crippen LogP contribution >= 0.6 is 0 Å². The molecule has 4 aliphatic heterocycles. The van der Waals surface area contributed by atoms with Gasteiger partial charge in [-0.05, 0) is 55.0 Å². The van der Waals surface area contributed by atoms with E-state index >= 15 is 8.78 Å². The summed E-state index contributed by atoms with van der Waals surface area (Å²) in [5.74, 6) is 0.998. The van der Waals surface area contributed by atoms with Crippen molar-refractivity contribution in [1.82, 2.24) is 25.2 Å². The number of carbonyl (C=O) groups is 2. The minimum absolute atomic E-state index is 0.0661. The summed E-state index contributed by atoms with van der Waals surface area (Å²) in [6.07, 6.45) is 2.70. The number of carbonyl (C=O) groups excluding carboxylic acids is 2. The first-order chi connectivity index (χ1) is 20.4. The maximum Gasteiger partial charge on any atom is 0.416 e. The van der Waals surface area contributed by atoms with E-state index in [2.05, 4.69) is 30.5 Å². The lowest BCUT2D eigenvalue weighted by atomic mass is 9.90. The number of aromatic amines is 1. The number of anilines is 2. The van der Waals surface area contributed by atoms with Crippen molar-refractivity contribution < 1.29 is 27.8 Å². The van der Waals surface area contributed by atoms with Gasteiger partial charge >= 0.3 is 6.09 Å². The Kier molecular flexibility index (Phi) is 5.90. The number of hydrogen-bond donors (Lipinski definition) is 3. The van der Waals surface area contributed by atoms with Crippen molar-refractivity contribution in [2.45, 2.75) is 43.6 Å². The van der Waals surface area contributed by atoms with Gasteiger partial charge in [0, 0.05) is 44.9 Å². The molecule has 0 bridgehead atoms. The largest absolute Gasteiger partial charge is 0.480 e. The highest BCUT2D eigenvalue weighted by molar-refractivity contribution is 5.95. The van der Waals surface area contributed by atoms with E-state index in [1.54, 1.807) is 12.1 Å². The number of nitrogens with zero attached hydrogens (tertiary/aromatic N) is 4. The fourth-order valence-electron chi connectivity index (χ4n) is 7.23. The van der Waals surface area contributed by atoms with Gasteiger partial charge in [0.25, 0.3) is 5.91 Å². The normalized spacial score (nSPS) is 23.8. The van der Waals surface area contributed by atoms with Crippen LogP contribution in [0, 0.1) is 17.6 Å². The number of imidazole rings is 1. The molecule has 13 heteroatoms. The van der Waals surface area contributed by atoms with Crippen molar-refractivity contribution in [2.75, 3.05) is 56.1 Å². The molecule has 2 unspecified atom stereocenters. The number of nitrogens with one attached hydrogen (secondary N) is 3. The van der Waals surface area contributed by atoms with Crippen LogP contribution in [-0.4, -0.2) is 83.3 Å². The SMILES string of the molecule is O=C1COc2ccc(N3CC4(CCN(CC5Cc6c(c(F)c7[nH]c(C8CCNC8)nc7c6F)C5)CC4)OC3=O)nc2N1. The third-order valence-electron chi connectivity index (χ3n) is 9.47. The number of fused-ring (bicyclic) bond motifs is 3. The van der Waals surface area contributed by atoms with E-state index in [1.165, 1.54) is 4.90 Å². The van der Waals surface area contributed by atoms with E-state index in [-0.39, 0.29) is 47.0 Å². The Morgan fingerprint density at radius 1 is 1.07 bits per heavy atom. The predicted molar refractivity (Wildman–Crippen MR) is 148 cm³/mol. The summed E-state index contributed by atoms with van der Waals surface area (Å²) < 4.78 is 42.4. The number of piperidine rings is 1. The molecule has 2 aromatic heterocycles. The van der Waals surface area contributed by atoms with Gasteiger partial charge < -0.3 is 30.0 Å². The molecule has 220 valence electrons. The standard InChI is InChI=1S/C29H31F2N7O4/c30-22-17-9-15(10-18(17)23(31)25-24(22)35-26(36-25)16-3-6-32-11-16)12-37-7-4-29(5-8-37)14-38(28(40)42-29)20-2-1-19-27(33-20)34-21(39)13-41-19/h1-2,15-16,32H,3-14H2,(H,35,36)(H,33,34,39). The number of H-pyrrole nitrogens is 1. The molecule has 1 spiro atoms. The lowest BCUT2D eigenvalue weighted by Gasteiger charge is -2.38. The summed E-state index contributed by atoms with van der Waals surface area (Å²) in [5, 5.41) is 5.94. The van der Waals surface area contributed by atoms with Crippen LogP contribution < -0.4 is 20.3 Å². The van der Waals surface area contributed by atoms with Gasteiger partial charge in [-0.2, -0.15) is 0 Å². The average molecular weight is 580 g/mol. The lowest BCUT2D eigenvalue weighted by molar-refractivity contribution is -0.118. The number of pyridine rings is 1. The van der Waals surface area contributed by atoms with Crippen molar-refractivity contribution in [3.63, 3.8) is 0 Å². The summed E-state index contributed by atoms with van der Waals surface area (Å²) in [4.78, 5) is 40.3. The third kappa shape index (κ3) is 4.20. The Balaban J connectivity index is 0.918. The average Bonchev–Trinajstić information content (AvgIpc) is 3.79. The van der Waals surface area contributed by atoms with E-state index < -0.39 is 17.5 Å². The molecule has 11 nitrogen and oxygen atoms in total. The summed E-state index contributed by atoms with van der Waals surface area (Å²) >= 11 is 0. The van der Waals surface area contributed by atoms with Gasteiger partial charge in [-0.1, -0.05) is 0 Å². The van der Waals surface area contributed by atoms with Crippen LogP contribution in [0.5, 0.6) is 5.75 Å². The number of amides is 2. The van der Waals surface area contributed by atoms with Crippen molar-refractivity contribution in [3.8, 4) is 5.75 Å².